The van der Waals surface area contributed by atoms with E-state index >= 15 is 0 Å². The molecular weight excluding hydrogens is 362 g/mol. The molecule has 0 fully saturated rings. The topological polar surface area (TPSA) is 90.4 Å². The molecule has 150 valence electrons. The van der Waals surface area contributed by atoms with Gasteiger partial charge in [0.15, 0.2) is 11.5 Å². The van der Waals surface area contributed by atoms with Gasteiger partial charge in [0.05, 0.1) is 40.3 Å². The Balaban J connectivity index is 2.04. The van der Waals surface area contributed by atoms with E-state index in [0.717, 1.165) is 5.69 Å². The Kier molecular flexibility index (Phi) is 7.50. The first-order valence-electron chi connectivity index (χ1n) is 8.56. The van der Waals surface area contributed by atoms with E-state index in [1.165, 1.54) is 27.5 Å². The number of para-hydroxylation sites is 2. The zero-order valence-corrected chi connectivity index (χ0v) is 16.6. The first-order chi connectivity index (χ1) is 13.5. The van der Waals surface area contributed by atoms with E-state index in [4.69, 9.17) is 18.9 Å². The van der Waals surface area contributed by atoms with Gasteiger partial charge in [0, 0.05) is 5.56 Å². The van der Waals surface area contributed by atoms with Crippen LogP contribution in [0.25, 0.3) is 0 Å². The van der Waals surface area contributed by atoms with E-state index in [1.54, 1.807) is 26.2 Å². The van der Waals surface area contributed by atoms with Crippen molar-refractivity contribution in [3.8, 4) is 23.0 Å². The number of benzene rings is 2. The number of hydrazone groups is 1. The van der Waals surface area contributed by atoms with E-state index in [1.807, 2.05) is 24.3 Å². The van der Waals surface area contributed by atoms with Crippen LogP contribution in [0.5, 0.6) is 23.0 Å². The molecule has 0 aliphatic rings. The van der Waals surface area contributed by atoms with Crippen LogP contribution in [0.3, 0.4) is 0 Å². The molecule has 0 heterocycles. The standard InChI is InChI=1S/C20H25N3O5/c1-13(22-15-8-6-7-9-16(15)25-2)20(24)23-21-12-14-10-17(26-3)19(28-5)18(11-14)27-4/h6-13,22H,1-5H3,(H,23,24)/b21-12-/t13-/m0/s1. The summed E-state index contributed by atoms with van der Waals surface area (Å²) in [6.07, 6.45) is 1.50. The molecule has 28 heavy (non-hydrogen) atoms. The SMILES string of the molecule is COc1ccccc1N[C@@H](C)C(=O)N/N=C\c1cc(OC)c(OC)c(OC)c1. The number of hydrogen-bond acceptors (Lipinski definition) is 7. The van der Waals surface area contributed by atoms with Crippen molar-refractivity contribution in [1.29, 1.82) is 0 Å². The van der Waals surface area contributed by atoms with Gasteiger partial charge in [-0.05, 0) is 31.2 Å². The Morgan fingerprint density at radius 1 is 0.964 bits per heavy atom. The maximum atomic E-state index is 12.3. The second kappa shape index (κ2) is 10.1. The van der Waals surface area contributed by atoms with E-state index in [0.29, 0.717) is 28.6 Å². The minimum atomic E-state index is -0.520. The van der Waals surface area contributed by atoms with Crippen molar-refractivity contribution in [2.75, 3.05) is 33.8 Å². The van der Waals surface area contributed by atoms with Gasteiger partial charge in [-0.3, -0.25) is 4.79 Å². The molecule has 1 amide bonds. The Morgan fingerprint density at radius 2 is 1.57 bits per heavy atom. The number of nitrogens with one attached hydrogen (secondary N) is 2. The maximum Gasteiger partial charge on any atom is 0.262 e. The highest BCUT2D eigenvalue weighted by Crippen LogP contribution is 2.37. The van der Waals surface area contributed by atoms with Crippen LogP contribution < -0.4 is 29.7 Å². The zero-order chi connectivity index (χ0) is 20.5. The van der Waals surface area contributed by atoms with Crippen molar-refractivity contribution in [3.63, 3.8) is 0 Å². The fourth-order valence-electron chi connectivity index (χ4n) is 2.51. The number of hydrogen-bond donors (Lipinski definition) is 2. The highest BCUT2D eigenvalue weighted by Gasteiger charge is 2.14. The molecule has 0 aliphatic heterocycles. The van der Waals surface area contributed by atoms with Crippen molar-refractivity contribution in [3.05, 3.63) is 42.0 Å². The highest BCUT2D eigenvalue weighted by molar-refractivity contribution is 5.87. The van der Waals surface area contributed by atoms with Crippen LogP contribution in [-0.4, -0.2) is 46.6 Å². The van der Waals surface area contributed by atoms with Gasteiger partial charge in [0.1, 0.15) is 11.8 Å². The van der Waals surface area contributed by atoms with Gasteiger partial charge in [-0.1, -0.05) is 12.1 Å². The third kappa shape index (κ3) is 5.06. The van der Waals surface area contributed by atoms with E-state index < -0.39 is 6.04 Å². The van der Waals surface area contributed by atoms with Gasteiger partial charge in [-0.2, -0.15) is 5.10 Å². The van der Waals surface area contributed by atoms with E-state index in [2.05, 4.69) is 15.8 Å². The molecule has 0 saturated carbocycles. The number of anilines is 1. The van der Waals surface area contributed by atoms with E-state index in [9.17, 15) is 4.79 Å². The van der Waals surface area contributed by atoms with Crippen molar-refractivity contribution >= 4 is 17.8 Å². The molecule has 2 rings (SSSR count). The van der Waals surface area contributed by atoms with Crippen molar-refractivity contribution < 1.29 is 23.7 Å². The van der Waals surface area contributed by atoms with E-state index in [-0.39, 0.29) is 5.91 Å². The van der Waals surface area contributed by atoms with Gasteiger partial charge in [-0.15, -0.1) is 0 Å². The molecule has 0 aliphatic carbocycles. The number of ether oxygens (including phenoxy) is 4. The van der Waals surface area contributed by atoms with Crippen LogP contribution in [0, 0.1) is 0 Å². The number of rotatable bonds is 9. The van der Waals surface area contributed by atoms with Crippen LogP contribution in [-0.2, 0) is 4.79 Å². The van der Waals surface area contributed by atoms with Crippen LogP contribution in [0.15, 0.2) is 41.5 Å². The lowest BCUT2D eigenvalue weighted by molar-refractivity contribution is -0.121. The van der Waals surface area contributed by atoms with Crippen LogP contribution in [0.1, 0.15) is 12.5 Å². The Morgan fingerprint density at radius 3 is 2.14 bits per heavy atom. The third-order valence-corrected chi connectivity index (χ3v) is 3.95. The monoisotopic (exact) mass is 387 g/mol. The summed E-state index contributed by atoms with van der Waals surface area (Å²) in [6, 6.07) is 10.3. The normalized spacial score (nSPS) is 11.6. The summed E-state index contributed by atoms with van der Waals surface area (Å²) in [4.78, 5) is 12.3. The number of carbonyl (C=O) groups excluding carboxylic acids is 1. The summed E-state index contributed by atoms with van der Waals surface area (Å²) in [5.74, 6) is 1.85. The predicted molar refractivity (Wildman–Crippen MR) is 108 cm³/mol. The quantitative estimate of drug-likeness (QED) is 0.508. The zero-order valence-electron chi connectivity index (χ0n) is 16.6. The first kappa shape index (κ1) is 20.9. The highest BCUT2D eigenvalue weighted by atomic mass is 16.5. The van der Waals surface area contributed by atoms with Crippen LogP contribution in [0.2, 0.25) is 0 Å². The predicted octanol–water partition coefficient (Wildman–Crippen LogP) is 2.67. The van der Waals surface area contributed by atoms with Crippen molar-refractivity contribution in [2.24, 2.45) is 5.10 Å². The Bertz CT molecular complexity index is 813. The number of carbonyl (C=O) groups is 1. The molecule has 1 atom stereocenters. The van der Waals surface area contributed by atoms with Crippen molar-refractivity contribution in [1.82, 2.24) is 5.43 Å². The molecule has 0 bridgehead atoms. The van der Waals surface area contributed by atoms with Gasteiger partial charge < -0.3 is 24.3 Å². The molecule has 8 heteroatoms. The average molecular weight is 387 g/mol. The summed E-state index contributed by atoms with van der Waals surface area (Å²) in [5.41, 5.74) is 3.91. The lowest BCUT2D eigenvalue weighted by Gasteiger charge is -2.16. The number of amides is 1. The molecule has 0 spiro atoms. The van der Waals surface area contributed by atoms with Crippen LogP contribution in [0.4, 0.5) is 5.69 Å². The maximum absolute atomic E-state index is 12.3. The minimum absolute atomic E-state index is 0.297. The second-order valence-electron chi connectivity index (χ2n) is 5.76. The number of methoxy groups -OCH3 is 4. The number of nitrogens with zero attached hydrogens (tertiary/aromatic N) is 1. The largest absolute Gasteiger partial charge is 0.495 e. The first-order valence-corrected chi connectivity index (χ1v) is 8.56. The summed E-state index contributed by atoms with van der Waals surface area (Å²) in [6.45, 7) is 1.73. The molecule has 2 N–H and O–H groups in total. The molecule has 8 nitrogen and oxygen atoms in total. The molecule has 0 radical (unpaired) electrons. The fourth-order valence-corrected chi connectivity index (χ4v) is 2.51. The average Bonchev–Trinajstić information content (AvgIpc) is 2.73. The summed E-state index contributed by atoms with van der Waals surface area (Å²) < 4.78 is 21.1. The smallest absolute Gasteiger partial charge is 0.262 e. The Hall–Kier alpha value is -3.42. The molecule has 0 unspecified atom stereocenters. The summed E-state index contributed by atoms with van der Waals surface area (Å²) in [7, 11) is 6.17. The van der Waals surface area contributed by atoms with Crippen LogP contribution >= 0.6 is 0 Å². The van der Waals surface area contributed by atoms with Gasteiger partial charge in [0.25, 0.3) is 5.91 Å². The molecule has 0 aromatic heterocycles. The summed E-state index contributed by atoms with van der Waals surface area (Å²) in [5, 5.41) is 7.10. The van der Waals surface area contributed by atoms with Crippen molar-refractivity contribution in [2.45, 2.75) is 13.0 Å². The lowest BCUT2D eigenvalue weighted by atomic mass is 10.2. The fraction of sp³-hybridized carbons (Fsp3) is 0.300. The minimum Gasteiger partial charge on any atom is -0.495 e. The third-order valence-electron chi connectivity index (χ3n) is 3.95. The Labute approximate surface area is 164 Å². The molecular formula is C20H25N3O5. The molecule has 2 aromatic carbocycles. The molecule has 0 saturated heterocycles. The van der Waals surface area contributed by atoms with Gasteiger partial charge in [-0.25, -0.2) is 5.43 Å². The lowest BCUT2D eigenvalue weighted by Crippen LogP contribution is -2.35. The molecule has 2 aromatic rings. The van der Waals surface area contributed by atoms with Gasteiger partial charge in [0.2, 0.25) is 5.75 Å². The summed E-state index contributed by atoms with van der Waals surface area (Å²) >= 11 is 0. The van der Waals surface area contributed by atoms with Gasteiger partial charge >= 0.3 is 0 Å². The second-order valence-corrected chi connectivity index (χ2v) is 5.76.